The zero-order valence-corrected chi connectivity index (χ0v) is 13.8. The van der Waals surface area contributed by atoms with Gasteiger partial charge in [0.25, 0.3) is 10.0 Å². The van der Waals surface area contributed by atoms with E-state index in [1.54, 1.807) is 42.5 Å². The Bertz CT molecular complexity index is 961. The van der Waals surface area contributed by atoms with Crippen LogP contribution in [0.4, 0.5) is 5.69 Å². The van der Waals surface area contributed by atoms with Crippen molar-refractivity contribution >= 4 is 26.7 Å². The summed E-state index contributed by atoms with van der Waals surface area (Å²) in [5, 5.41) is 3.40. The maximum Gasteiger partial charge on any atom is 0.261 e. The SMILES string of the molecule is O=S(=O)(Nc1ccc2nc(C3CCCN3)[nH]c2c1)c1ccccc1. The fraction of sp³-hybridized carbons (Fsp3) is 0.235. The van der Waals surface area contributed by atoms with Crippen LogP contribution in [-0.4, -0.2) is 24.9 Å². The van der Waals surface area contributed by atoms with Crippen molar-refractivity contribution in [2.45, 2.75) is 23.8 Å². The molecule has 2 aromatic carbocycles. The molecule has 1 aromatic heterocycles. The van der Waals surface area contributed by atoms with Gasteiger partial charge in [0.2, 0.25) is 0 Å². The Balaban J connectivity index is 1.63. The van der Waals surface area contributed by atoms with Gasteiger partial charge in [-0.1, -0.05) is 18.2 Å². The van der Waals surface area contributed by atoms with Gasteiger partial charge in [0.05, 0.1) is 27.7 Å². The van der Waals surface area contributed by atoms with Crippen molar-refractivity contribution in [3.05, 3.63) is 54.4 Å². The Kier molecular flexibility index (Phi) is 3.74. The van der Waals surface area contributed by atoms with Gasteiger partial charge in [-0.15, -0.1) is 0 Å². The molecule has 2 heterocycles. The Morgan fingerprint density at radius 3 is 2.71 bits per heavy atom. The lowest BCUT2D eigenvalue weighted by molar-refractivity contribution is 0.601. The van der Waals surface area contributed by atoms with E-state index in [0.29, 0.717) is 5.69 Å². The number of imidazole rings is 1. The second-order valence-electron chi connectivity index (χ2n) is 5.92. The predicted molar refractivity (Wildman–Crippen MR) is 93.3 cm³/mol. The smallest absolute Gasteiger partial charge is 0.261 e. The van der Waals surface area contributed by atoms with Crippen LogP contribution in [0.25, 0.3) is 11.0 Å². The number of sulfonamides is 1. The van der Waals surface area contributed by atoms with Crippen molar-refractivity contribution in [2.75, 3.05) is 11.3 Å². The summed E-state index contributed by atoms with van der Waals surface area (Å²) in [5.41, 5.74) is 2.18. The molecular formula is C17H18N4O2S. The van der Waals surface area contributed by atoms with Gasteiger partial charge >= 0.3 is 0 Å². The molecule has 24 heavy (non-hydrogen) atoms. The van der Waals surface area contributed by atoms with E-state index >= 15 is 0 Å². The number of hydrogen-bond acceptors (Lipinski definition) is 4. The van der Waals surface area contributed by atoms with Crippen LogP contribution in [0, 0.1) is 0 Å². The first-order valence-electron chi connectivity index (χ1n) is 7.93. The molecule has 0 bridgehead atoms. The summed E-state index contributed by atoms with van der Waals surface area (Å²) in [5.74, 6) is 0.908. The van der Waals surface area contributed by atoms with Crippen molar-refractivity contribution < 1.29 is 8.42 Å². The Hall–Kier alpha value is -2.38. The first-order valence-corrected chi connectivity index (χ1v) is 9.41. The minimum Gasteiger partial charge on any atom is -0.341 e. The van der Waals surface area contributed by atoms with Crippen LogP contribution < -0.4 is 10.0 Å². The highest BCUT2D eigenvalue weighted by Gasteiger charge is 2.20. The van der Waals surface area contributed by atoms with Gasteiger partial charge in [-0.3, -0.25) is 4.72 Å². The molecule has 1 saturated heterocycles. The second-order valence-corrected chi connectivity index (χ2v) is 7.60. The molecule has 3 aromatic rings. The van der Waals surface area contributed by atoms with Crippen molar-refractivity contribution in [3.8, 4) is 0 Å². The van der Waals surface area contributed by atoms with Crippen molar-refractivity contribution in [2.24, 2.45) is 0 Å². The summed E-state index contributed by atoms with van der Waals surface area (Å²) in [7, 11) is -3.59. The average Bonchev–Trinajstić information content (AvgIpc) is 3.24. The van der Waals surface area contributed by atoms with E-state index in [2.05, 4.69) is 20.0 Å². The summed E-state index contributed by atoms with van der Waals surface area (Å²) in [6, 6.07) is 13.9. The van der Waals surface area contributed by atoms with E-state index in [1.807, 2.05) is 6.07 Å². The van der Waals surface area contributed by atoms with Crippen molar-refractivity contribution in [1.82, 2.24) is 15.3 Å². The minimum atomic E-state index is -3.59. The van der Waals surface area contributed by atoms with Crippen LogP contribution in [0.3, 0.4) is 0 Å². The molecule has 1 aliphatic heterocycles. The zero-order chi connectivity index (χ0) is 16.6. The normalized spacial score (nSPS) is 18.1. The van der Waals surface area contributed by atoms with Gasteiger partial charge in [-0.2, -0.15) is 0 Å². The first-order chi connectivity index (χ1) is 11.6. The minimum absolute atomic E-state index is 0.241. The average molecular weight is 342 g/mol. The molecule has 1 aliphatic rings. The molecule has 0 saturated carbocycles. The van der Waals surface area contributed by atoms with E-state index < -0.39 is 10.0 Å². The summed E-state index contributed by atoms with van der Waals surface area (Å²) >= 11 is 0. The van der Waals surface area contributed by atoms with Gasteiger partial charge in [-0.25, -0.2) is 13.4 Å². The largest absolute Gasteiger partial charge is 0.341 e. The number of aromatic nitrogens is 2. The summed E-state index contributed by atoms with van der Waals surface area (Å²) in [6.07, 6.45) is 2.21. The van der Waals surface area contributed by atoms with E-state index in [1.165, 1.54) is 0 Å². The van der Waals surface area contributed by atoms with Crippen LogP contribution in [0.1, 0.15) is 24.7 Å². The molecule has 3 N–H and O–H groups in total. The number of aromatic amines is 1. The lowest BCUT2D eigenvalue weighted by Crippen LogP contribution is -2.14. The molecule has 1 atom stereocenters. The molecule has 0 radical (unpaired) electrons. The molecule has 7 heteroatoms. The lowest BCUT2D eigenvalue weighted by Gasteiger charge is -2.07. The highest BCUT2D eigenvalue weighted by Crippen LogP contribution is 2.25. The quantitative estimate of drug-likeness (QED) is 0.680. The second kappa shape index (κ2) is 5.92. The topological polar surface area (TPSA) is 86.9 Å². The van der Waals surface area contributed by atoms with Crippen LogP contribution in [0.15, 0.2) is 53.4 Å². The van der Waals surface area contributed by atoms with Gasteiger partial charge in [0, 0.05) is 0 Å². The fourth-order valence-electron chi connectivity index (χ4n) is 2.99. The van der Waals surface area contributed by atoms with Crippen molar-refractivity contribution in [3.63, 3.8) is 0 Å². The summed E-state index contributed by atoms with van der Waals surface area (Å²) < 4.78 is 27.4. The Morgan fingerprint density at radius 1 is 1.12 bits per heavy atom. The number of benzene rings is 2. The third-order valence-electron chi connectivity index (χ3n) is 4.20. The van der Waals surface area contributed by atoms with Gasteiger partial charge in [0.1, 0.15) is 5.82 Å². The molecule has 6 nitrogen and oxygen atoms in total. The van der Waals surface area contributed by atoms with E-state index in [0.717, 1.165) is 36.2 Å². The molecule has 124 valence electrons. The van der Waals surface area contributed by atoms with E-state index in [-0.39, 0.29) is 10.9 Å². The van der Waals surface area contributed by atoms with Gasteiger partial charge in [0.15, 0.2) is 0 Å². The number of nitrogens with zero attached hydrogens (tertiary/aromatic N) is 1. The number of fused-ring (bicyclic) bond motifs is 1. The molecule has 0 amide bonds. The van der Waals surface area contributed by atoms with Crippen LogP contribution in [-0.2, 0) is 10.0 Å². The van der Waals surface area contributed by atoms with Gasteiger partial charge in [-0.05, 0) is 49.7 Å². The number of H-pyrrole nitrogens is 1. The molecular weight excluding hydrogens is 324 g/mol. The highest BCUT2D eigenvalue weighted by molar-refractivity contribution is 7.92. The van der Waals surface area contributed by atoms with Crippen LogP contribution in [0.5, 0.6) is 0 Å². The van der Waals surface area contributed by atoms with Crippen molar-refractivity contribution in [1.29, 1.82) is 0 Å². The van der Waals surface area contributed by atoms with Crippen LogP contribution in [0.2, 0.25) is 0 Å². The monoisotopic (exact) mass is 342 g/mol. The fourth-order valence-corrected chi connectivity index (χ4v) is 4.06. The summed E-state index contributed by atoms with van der Waals surface area (Å²) in [4.78, 5) is 8.13. The Labute approximate surface area is 140 Å². The van der Waals surface area contributed by atoms with Gasteiger partial charge < -0.3 is 10.3 Å². The zero-order valence-electron chi connectivity index (χ0n) is 13.0. The third-order valence-corrected chi connectivity index (χ3v) is 5.59. The maximum absolute atomic E-state index is 12.4. The summed E-state index contributed by atoms with van der Waals surface area (Å²) in [6.45, 7) is 1.00. The van der Waals surface area contributed by atoms with E-state index in [4.69, 9.17) is 0 Å². The molecule has 1 fully saturated rings. The highest BCUT2D eigenvalue weighted by atomic mass is 32.2. The third kappa shape index (κ3) is 2.88. The number of nitrogens with one attached hydrogen (secondary N) is 3. The number of rotatable bonds is 4. The number of hydrogen-bond donors (Lipinski definition) is 3. The molecule has 0 aliphatic carbocycles. The van der Waals surface area contributed by atoms with Crippen LogP contribution >= 0.6 is 0 Å². The maximum atomic E-state index is 12.4. The Morgan fingerprint density at radius 2 is 1.96 bits per heavy atom. The molecule has 1 unspecified atom stereocenters. The first kappa shape index (κ1) is 15.2. The molecule has 0 spiro atoms. The lowest BCUT2D eigenvalue weighted by atomic mass is 10.2. The molecule has 4 rings (SSSR count). The van der Waals surface area contributed by atoms with E-state index in [9.17, 15) is 8.42 Å². The standard InChI is InChI=1S/C17H18N4O2S/c22-24(23,13-5-2-1-3-6-13)21-12-8-9-14-16(11-12)20-17(19-14)15-7-4-10-18-15/h1-3,5-6,8-9,11,15,18,21H,4,7,10H2,(H,19,20). The number of anilines is 1. The predicted octanol–water partition coefficient (Wildman–Crippen LogP) is 2.79.